The van der Waals surface area contributed by atoms with E-state index in [0.717, 1.165) is 11.4 Å². The van der Waals surface area contributed by atoms with Crippen molar-refractivity contribution in [2.45, 2.75) is 6.92 Å². The van der Waals surface area contributed by atoms with Crippen LogP contribution in [0.5, 0.6) is 5.75 Å². The predicted octanol–water partition coefficient (Wildman–Crippen LogP) is 2.20. The van der Waals surface area contributed by atoms with Gasteiger partial charge in [-0.3, -0.25) is 4.98 Å². The normalized spacial score (nSPS) is 11.2. The number of aromatic nitrogens is 1. The van der Waals surface area contributed by atoms with Crippen molar-refractivity contribution in [1.82, 2.24) is 4.98 Å². The van der Waals surface area contributed by atoms with E-state index in [4.69, 9.17) is 10.5 Å². The van der Waals surface area contributed by atoms with Crippen LogP contribution in [0.1, 0.15) is 5.56 Å². The topological polar surface area (TPSA) is 72.5 Å². The summed E-state index contributed by atoms with van der Waals surface area (Å²) in [5.41, 5.74) is 7.92. The minimum absolute atomic E-state index is 0.378. The molecule has 0 saturated carbocycles. The van der Waals surface area contributed by atoms with Gasteiger partial charge in [-0.1, -0.05) is 17.7 Å². The molecule has 0 aliphatic heterocycles. The molecular weight excluding hydrogens is 252 g/mol. The van der Waals surface area contributed by atoms with E-state index in [0.29, 0.717) is 19.1 Å². The second-order valence-corrected chi connectivity index (χ2v) is 4.30. The fourth-order valence-electron chi connectivity index (χ4n) is 1.59. The maximum absolute atomic E-state index is 5.79. The third kappa shape index (κ3) is 4.61. The Morgan fingerprint density at radius 2 is 2.10 bits per heavy atom. The lowest BCUT2D eigenvalue weighted by Crippen LogP contribution is -2.23. The summed E-state index contributed by atoms with van der Waals surface area (Å²) in [5, 5.41) is 3.03. The molecule has 0 amide bonds. The van der Waals surface area contributed by atoms with Crippen LogP contribution in [0.2, 0.25) is 0 Å². The highest BCUT2D eigenvalue weighted by molar-refractivity contribution is 5.92. The first-order valence-corrected chi connectivity index (χ1v) is 6.40. The summed E-state index contributed by atoms with van der Waals surface area (Å²) in [7, 11) is 0. The Labute approximate surface area is 118 Å². The molecule has 1 heterocycles. The minimum atomic E-state index is 0.378. The fourth-order valence-corrected chi connectivity index (χ4v) is 1.59. The van der Waals surface area contributed by atoms with Crippen molar-refractivity contribution in [3.05, 3.63) is 54.4 Å². The number of rotatable bonds is 5. The largest absolute Gasteiger partial charge is 0.490 e. The van der Waals surface area contributed by atoms with Gasteiger partial charge < -0.3 is 15.8 Å². The second kappa shape index (κ2) is 7.13. The first-order chi connectivity index (χ1) is 9.74. The number of nitrogens with zero attached hydrogens (tertiary/aromatic N) is 2. The first kappa shape index (κ1) is 13.9. The van der Waals surface area contributed by atoms with Crippen LogP contribution >= 0.6 is 0 Å². The molecule has 104 valence electrons. The number of pyridine rings is 1. The van der Waals surface area contributed by atoms with Gasteiger partial charge in [0.25, 0.3) is 0 Å². The number of hydrogen-bond donors (Lipinski definition) is 2. The molecule has 0 fully saturated rings. The predicted molar refractivity (Wildman–Crippen MR) is 81.0 cm³/mol. The summed E-state index contributed by atoms with van der Waals surface area (Å²) < 4.78 is 5.47. The molecule has 5 heteroatoms. The van der Waals surface area contributed by atoms with Gasteiger partial charge in [0.05, 0.1) is 12.7 Å². The van der Waals surface area contributed by atoms with Crippen LogP contribution in [0.25, 0.3) is 0 Å². The SMILES string of the molecule is Cc1ccc(NC(N)=NCCOc2cccnc2)cc1. The molecule has 0 spiro atoms. The molecule has 0 aliphatic carbocycles. The molecule has 5 nitrogen and oxygen atoms in total. The maximum Gasteiger partial charge on any atom is 0.193 e. The van der Waals surface area contributed by atoms with Crippen LogP contribution in [-0.4, -0.2) is 24.1 Å². The van der Waals surface area contributed by atoms with Gasteiger partial charge in [-0.25, -0.2) is 4.99 Å². The number of guanidine groups is 1. The van der Waals surface area contributed by atoms with E-state index in [-0.39, 0.29) is 0 Å². The molecule has 2 aromatic rings. The number of anilines is 1. The van der Waals surface area contributed by atoms with Gasteiger partial charge in [0.15, 0.2) is 5.96 Å². The number of hydrogen-bond acceptors (Lipinski definition) is 3. The molecule has 0 unspecified atom stereocenters. The van der Waals surface area contributed by atoms with Crippen molar-refractivity contribution < 1.29 is 4.74 Å². The molecule has 20 heavy (non-hydrogen) atoms. The number of ether oxygens (including phenoxy) is 1. The van der Waals surface area contributed by atoms with E-state index in [1.54, 1.807) is 12.4 Å². The van der Waals surface area contributed by atoms with Gasteiger partial charge in [0.1, 0.15) is 12.4 Å². The Bertz CT molecular complexity index is 552. The Morgan fingerprint density at radius 3 is 2.80 bits per heavy atom. The van der Waals surface area contributed by atoms with E-state index >= 15 is 0 Å². The van der Waals surface area contributed by atoms with Crippen molar-refractivity contribution in [2.75, 3.05) is 18.5 Å². The summed E-state index contributed by atoms with van der Waals surface area (Å²) in [6.07, 6.45) is 3.37. The Hall–Kier alpha value is -2.56. The lowest BCUT2D eigenvalue weighted by atomic mass is 10.2. The van der Waals surface area contributed by atoms with Crippen molar-refractivity contribution in [1.29, 1.82) is 0 Å². The molecule has 0 aliphatic rings. The number of nitrogens with two attached hydrogens (primary N) is 1. The number of aryl methyl sites for hydroxylation is 1. The van der Waals surface area contributed by atoms with Crippen LogP contribution < -0.4 is 15.8 Å². The summed E-state index contributed by atoms with van der Waals surface area (Å²) in [6, 6.07) is 11.6. The molecule has 3 N–H and O–H groups in total. The summed E-state index contributed by atoms with van der Waals surface area (Å²) >= 11 is 0. The lowest BCUT2D eigenvalue weighted by Gasteiger charge is -2.06. The molecule has 0 bridgehead atoms. The van der Waals surface area contributed by atoms with E-state index in [1.165, 1.54) is 5.56 Å². The molecule has 1 aromatic carbocycles. The monoisotopic (exact) mass is 270 g/mol. The molecule has 1 aromatic heterocycles. The van der Waals surface area contributed by atoms with Crippen molar-refractivity contribution >= 4 is 11.6 Å². The smallest absolute Gasteiger partial charge is 0.193 e. The zero-order valence-electron chi connectivity index (χ0n) is 11.4. The van der Waals surface area contributed by atoms with E-state index in [9.17, 15) is 0 Å². The van der Waals surface area contributed by atoms with Crippen LogP contribution in [0, 0.1) is 6.92 Å². The lowest BCUT2D eigenvalue weighted by molar-refractivity contribution is 0.327. The molecule has 0 atom stereocenters. The Balaban J connectivity index is 1.75. The summed E-state index contributed by atoms with van der Waals surface area (Å²) in [5.74, 6) is 1.11. The maximum atomic E-state index is 5.79. The van der Waals surface area contributed by atoms with E-state index in [1.807, 2.05) is 43.3 Å². The third-order valence-corrected chi connectivity index (χ3v) is 2.60. The molecule has 0 radical (unpaired) electrons. The third-order valence-electron chi connectivity index (χ3n) is 2.60. The highest BCUT2D eigenvalue weighted by atomic mass is 16.5. The second-order valence-electron chi connectivity index (χ2n) is 4.30. The van der Waals surface area contributed by atoms with Crippen molar-refractivity contribution in [2.24, 2.45) is 10.7 Å². The summed E-state index contributed by atoms with van der Waals surface area (Å²) in [4.78, 5) is 8.16. The molecule has 0 saturated heterocycles. The van der Waals surface area contributed by atoms with Crippen LogP contribution in [0.3, 0.4) is 0 Å². The zero-order chi connectivity index (χ0) is 14.2. The number of aliphatic imine (C=N–C) groups is 1. The average molecular weight is 270 g/mol. The Morgan fingerprint density at radius 1 is 1.30 bits per heavy atom. The van der Waals surface area contributed by atoms with Crippen LogP contribution in [0.4, 0.5) is 5.69 Å². The first-order valence-electron chi connectivity index (χ1n) is 6.40. The summed E-state index contributed by atoms with van der Waals surface area (Å²) in [6.45, 7) is 2.98. The van der Waals surface area contributed by atoms with Crippen LogP contribution in [0.15, 0.2) is 53.8 Å². The zero-order valence-corrected chi connectivity index (χ0v) is 11.4. The minimum Gasteiger partial charge on any atom is -0.490 e. The van der Waals surface area contributed by atoms with E-state index < -0.39 is 0 Å². The number of nitrogens with one attached hydrogen (secondary N) is 1. The van der Waals surface area contributed by atoms with Crippen molar-refractivity contribution in [3.63, 3.8) is 0 Å². The fraction of sp³-hybridized carbons (Fsp3) is 0.200. The van der Waals surface area contributed by atoms with Gasteiger partial charge in [-0.15, -0.1) is 0 Å². The standard InChI is InChI=1S/C15H18N4O/c1-12-4-6-13(7-5-12)19-15(16)18-9-10-20-14-3-2-8-17-11-14/h2-8,11H,9-10H2,1H3,(H3,16,18,19). The highest BCUT2D eigenvalue weighted by Gasteiger charge is 1.95. The average Bonchev–Trinajstić information content (AvgIpc) is 2.47. The number of benzene rings is 1. The van der Waals surface area contributed by atoms with Gasteiger partial charge in [-0.2, -0.15) is 0 Å². The Kier molecular flexibility index (Phi) is 4.94. The van der Waals surface area contributed by atoms with Gasteiger partial charge >= 0.3 is 0 Å². The van der Waals surface area contributed by atoms with Gasteiger partial charge in [0.2, 0.25) is 0 Å². The molecular formula is C15H18N4O. The highest BCUT2D eigenvalue weighted by Crippen LogP contribution is 2.08. The quantitative estimate of drug-likeness (QED) is 0.496. The van der Waals surface area contributed by atoms with Crippen molar-refractivity contribution in [3.8, 4) is 5.75 Å². The van der Waals surface area contributed by atoms with E-state index in [2.05, 4.69) is 15.3 Å². The molecule has 2 rings (SSSR count). The van der Waals surface area contributed by atoms with Crippen LogP contribution in [-0.2, 0) is 0 Å². The van der Waals surface area contributed by atoms with Gasteiger partial charge in [0, 0.05) is 11.9 Å². The van der Waals surface area contributed by atoms with Gasteiger partial charge in [-0.05, 0) is 31.2 Å².